The third-order valence-electron chi connectivity index (χ3n) is 2.52. The molecule has 0 spiro atoms. The Hall–Kier alpha value is -1.97. The molecule has 0 bridgehead atoms. The molecule has 1 unspecified atom stereocenters. The van der Waals surface area contributed by atoms with Crippen molar-refractivity contribution in [2.24, 2.45) is 0 Å². The maximum absolute atomic E-state index is 10.9. The quantitative estimate of drug-likeness (QED) is 0.734. The van der Waals surface area contributed by atoms with E-state index >= 15 is 0 Å². The van der Waals surface area contributed by atoms with Crippen molar-refractivity contribution < 1.29 is 9.90 Å². The number of carboxylic acids is 1. The van der Waals surface area contributed by atoms with Gasteiger partial charge in [0.2, 0.25) is 0 Å². The van der Waals surface area contributed by atoms with Crippen LogP contribution in [0.1, 0.15) is 13.0 Å². The highest BCUT2D eigenvalue weighted by molar-refractivity contribution is 5.85. The van der Waals surface area contributed by atoms with Gasteiger partial charge in [-0.2, -0.15) is 0 Å². The number of anilines is 1. The first-order chi connectivity index (χ1) is 7.09. The predicted molar refractivity (Wildman–Crippen MR) is 58.7 cm³/mol. The minimum atomic E-state index is -0.843. The Morgan fingerprint density at radius 2 is 2.20 bits per heavy atom. The van der Waals surface area contributed by atoms with Gasteiger partial charge in [0.25, 0.3) is 0 Å². The van der Waals surface area contributed by atoms with Gasteiger partial charge in [0.15, 0.2) is 0 Å². The van der Waals surface area contributed by atoms with E-state index in [1.807, 2.05) is 18.2 Å². The molecule has 0 amide bonds. The van der Waals surface area contributed by atoms with Crippen molar-refractivity contribution >= 4 is 22.6 Å². The molecule has 15 heavy (non-hydrogen) atoms. The van der Waals surface area contributed by atoms with Crippen LogP contribution in [0, 0.1) is 0 Å². The van der Waals surface area contributed by atoms with Crippen LogP contribution in [0.4, 0.5) is 5.69 Å². The van der Waals surface area contributed by atoms with Gasteiger partial charge in [-0.15, -0.1) is 0 Å². The average molecular weight is 204 g/mol. The van der Waals surface area contributed by atoms with Gasteiger partial charge < -0.3 is 15.4 Å². The molecule has 3 N–H and O–H groups in total. The van der Waals surface area contributed by atoms with Crippen molar-refractivity contribution in [2.45, 2.75) is 13.0 Å². The van der Waals surface area contributed by atoms with Crippen LogP contribution in [0.5, 0.6) is 0 Å². The molecular formula is C11H12N2O2. The first kappa shape index (κ1) is 9.58. The Morgan fingerprint density at radius 3 is 2.87 bits per heavy atom. The first-order valence-corrected chi connectivity index (χ1v) is 4.68. The van der Waals surface area contributed by atoms with Crippen molar-refractivity contribution in [3.63, 3.8) is 0 Å². The Labute approximate surface area is 86.9 Å². The lowest BCUT2D eigenvalue weighted by molar-refractivity contribution is -0.140. The van der Waals surface area contributed by atoms with E-state index in [0.717, 1.165) is 10.9 Å². The van der Waals surface area contributed by atoms with Crippen LogP contribution < -0.4 is 5.73 Å². The topological polar surface area (TPSA) is 68.2 Å². The van der Waals surface area contributed by atoms with Crippen LogP contribution in [0.25, 0.3) is 10.9 Å². The minimum Gasteiger partial charge on any atom is -0.480 e. The van der Waals surface area contributed by atoms with Crippen molar-refractivity contribution in [1.82, 2.24) is 4.57 Å². The predicted octanol–water partition coefficient (Wildman–Crippen LogP) is 1.87. The number of aliphatic carboxylic acids is 1. The van der Waals surface area contributed by atoms with Gasteiger partial charge in [-0.1, -0.05) is 0 Å². The largest absolute Gasteiger partial charge is 0.480 e. The monoisotopic (exact) mass is 204 g/mol. The normalized spacial score (nSPS) is 12.9. The fourth-order valence-electron chi connectivity index (χ4n) is 1.64. The number of hydrogen-bond donors (Lipinski definition) is 2. The second kappa shape index (κ2) is 3.31. The molecule has 2 rings (SSSR count). The fraction of sp³-hybridized carbons (Fsp3) is 0.182. The third kappa shape index (κ3) is 1.54. The highest BCUT2D eigenvalue weighted by Crippen LogP contribution is 2.22. The van der Waals surface area contributed by atoms with Gasteiger partial charge in [0.05, 0.1) is 0 Å². The van der Waals surface area contributed by atoms with E-state index < -0.39 is 12.0 Å². The zero-order chi connectivity index (χ0) is 11.0. The summed E-state index contributed by atoms with van der Waals surface area (Å²) in [5, 5.41) is 9.88. The number of fused-ring (bicyclic) bond motifs is 1. The van der Waals surface area contributed by atoms with E-state index in [9.17, 15) is 4.79 Å². The van der Waals surface area contributed by atoms with Crippen LogP contribution in [0.15, 0.2) is 30.5 Å². The lowest BCUT2D eigenvalue weighted by atomic mass is 10.2. The average Bonchev–Trinajstić information content (AvgIpc) is 2.59. The van der Waals surface area contributed by atoms with E-state index in [1.54, 1.807) is 23.8 Å². The maximum atomic E-state index is 10.9. The van der Waals surface area contributed by atoms with Gasteiger partial charge in [0, 0.05) is 22.8 Å². The number of aromatic nitrogens is 1. The summed E-state index contributed by atoms with van der Waals surface area (Å²) in [4.78, 5) is 10.9. The van der Waals surface area contributed by atoms with Crippen LogP contribution in [-0.4, -0.2) is 15.6 Å². The van der Waals surface area contributed by atoms with Gasteiger partial charge >= 0.3 is 5.97 Å². The fourth-order valence-corrected chi connectivity index (χ4v) is 1.64. The highest BCUT2D eigenvalue weighted by atomic mass is 16.4. The van der Waals surface area contributed by atoms with Crippen molar-refractivity contribution in [3.05, 3.63) is 30.5 Å². The van der Waals surface area contributed by atoms with Crippen LogP contribution in [-0.2, 0) is 4.79 Å². The molecule has 0 aliphatic rings. The van der Waals surface area contributed by atoms with Crippen molar-refractivity contribution in [2.75, 3.05) is 5.73 Å². The molecule has 1 heterocycles. The lowest BCUT2D eigenvalue weighted by Crippen LogP contribution is -2.14. The minimum absolute atomic E-state index is 0.564. The number of nitrogens with zero attached hydrogens (tertiary/aromatic N) is 1. The Morgan fingerprint density at radius 1 is 1.47 bits per heavy atom. The first-order valence-electron chi connectivity index (χ1n) is 4.68. The van der Waals surface area contributed by atoms with Gasteiger partial charge in [-0.05, 0) is 31.2 Å². The second-order valence-electron chi connectivity index (χ2n) is 3.56. The summed E-state index contributed by atoms with van der Waals surface area (Å²) >= 11 is 0. The second-order valence-corrected chi connectivity index (χ2v) is 3.56. The molecule has 1 aromatic carbocycles. The molecule has 0 aliphatic heterocycles. The van der Waals surface area contributed by atoms with E-state index in [1.165, 1.54) is 0 Å². The number of carbonyl (C=O) groups is 1. The SMILES string of the molecule is CC(C(=O)O)n1ccc2cc(N)ccc21. The molecule has 4 heteroatoms. The molecule has 0 saturated heterocycles. The molecule has 0 saturated carbocycles. The van der Waals surface area contributed by atoms with Crippen molar-refractivity contribution in [3.8, 4) is 0 Å². The van der Waals surface area contributed by atoms with Gasteiger partial charge in [0.1, 0.15) is 6.04 Å². The standard InChI is InChI=1S/C11H12N2O2/c1-7(11(14)15)13-5-4-8-6-9(12)2-3-10(8)13/h2-7H,12H2,1H3,(H,14,15). The van der Waals surface area contributed by atoms with Crippen LogP contribution in [0.2, 0.25) is 0 Å². The summed E-state index contributed by atoms with van der Waals surface area (Å²) in [6.07, 6.45) is 1.77. The lowest BCUT2D eigenvalue weighted by Gasteiger charge is -2.10. The summed E-state index contributed by atoms with van der Waals surface area (Å²) in [6.45, 7) is 1.65. The maximum Gasteiger partial charge on any atom is 0.326 e. The summed E-state index contributed by atoms with van der Waals surface area (Å²) in [5.74, 6) is -0.843. The molecule has 1 aromatic heterocycles. The number of benzene rings is 1. The summed E-state index contributed by atoms with van der Waals surface area (Å²) in [5.41, 5.74) is 7.22. The highest BCUT2D eigenvalue weighted by Gasteiger charge is 2.14. The molecule has 0 fully saturated rings. The number of rotatable bonds is 2. The van der Waals surface area contributed by atoms with Crippen LogP contribution >= 0.6 is 0 Å². The summed E-state index contributed by atoms with van der Waals surface area (Å²) in [6, 6.07) is 6.74. The molecule has 0 aliphatic carbocycles. The molecule has 2 aromatic rings. The van der Waals surface area contributed by atoms with Crippen LogP contribution in [0.3, 0.4) is 0 Å². The zero-order valence-corrected chi connectivity index (χ0v) is 8.34. The Balaban J connectivity index is 2.59. The van der Waals surface area contributed by atoms with Gasteiger partial charge in [-0.25, -0.2) is 4.79 Å². The van der Waals surface area contributed by atoms with E-state index in [-0.39, 0.29) is 0 Å². The molecule has 78 valence electrons. The zero-order valence-electron chi connectivity index (χ0n) is 8.34. The summed E-state index contributed by atoms with van der Waals surface area (Å²) in [7, 11) is 0. The molecular weight excluding hydrogens is 192 g/mol. The molecule has 0 radical (unpaired) electrons. The Kier molecular flexibility index (Phi) is 2.11. The number of hydrogen-bond acceptors (Lipinski definition) is 2. The smallest absolute Gasteiger partial charge is 0.326 e. The van der Waals surface area contributed by atoms with E-state index in [4.69, 9.17) is 10.8 Å². The van der Waals surface area contributed by atoms with E-state index in [2.05, 4.69) is 0 Å². The van der Waals surface area contributed by atoms with Gasteiger partial charge in [-0.3, -0.25) is 0 Å². The Bertz CT molecular complexity index is 516. The molecule has 1 atom stereocenters. The number of carboxylic acid groups (broad SMARTS) is 1. The summed E-state index contributed by atoms with van der Waals surface area (Å²) < 4.78 is 1.72. The number of nitrogens with two attached hydrogens (primary N) is 1. The third-order valence-corrected chi connectivity index (χ3v) is 2.52. The van der Waals surface area contributed by atoms with Crippen molar-refractivity contribution in [1.29, 1.82) is 0 Å². The molecule has 4 nitrogen and oxygen atoms in total. The number of nitrogen functional groups attached to an aromatic ring is 1. The van der Waals surface area contributed by atoms with E-state index in [0.29, 0.717) is 5.69 Å².